The second-order valence-corrected chi connectivity index (χ2v) is 7.04. The lowest BCUT2D eigenvalue weighted by atomic mass is 10.1. The molecule has 4 N–H and O–H groups in total. The van der Waals surface area contributed by atoms with Crippen molar-refractivity contribution in [2.24, 2.45) is 5.73 Å². The van der Waals surface area contributed by atoms with Gasteiger partial charge in [-0.2, -0.15) is 0 Å². The van der Waals surface area contributed by atoms with Crippen molar-refractivity contribution >= 4 is 29.1 Å². The van der Waals surface area contributed by atoms with Crippen LogP contribution in [0.4, 0.5) is 11.4 Å². The summed E-state index contributed by atoms with van der Waals surface area (Å²) in [7, 11) is 1.75. The van der Waals surface area contributed by atoms with Crippen molar-refractivity contribution in [3.05, 3.63) is 95.6 Å². The first-order valence-corrected chi connectivity index (χ1v) is 9.76. The monoisotopic (exact) mass is 416 g/mol. The molecule has 0 aromatic heterocycles. The van der Waals surface area contributed by atoms with Crippen molar-refractivity contribution in [2.45, 2.75) is 6.54 Å². The lowest BCUT2D eigenvalue weighted by molar-refractivity contribution is -0.114. The van der Waals surface area contributed by atoms with Crippen molar-refractivity contribution < 1.29 is 14.4 Å². The van der Waals surface area contributed by atoms with Gasteiger partial charge in [-0.05, 0) is 35.9 Å². The zero-order valence-electron chi connectivity index (χ0n) is 17.2. The van der Waals surface area contributed by atoms with E-state index in [-0.39, 0.29) is 23.9 Å². The molecule has 0 aliphatic rings. The highest BCUT2D eigenvalue weighted by Crippen LogP contribution is 2.16. The van der Waals surface area contributed by atoms with Gasteiger partial charge in [0.25, 0.3) is 11.8 Å². The Morgan fingerprint density at radius 3 is 2.35 bits per heavy atom. The van der Waals surface area contributed by atoms with Gasteiger partial charge in [0.05, 0.1) is 17.8 Å². The van der Waals surface area contributed by atoms with E-state index >= 15 is 0 Å². The Bertz CT molecular complexity index is 1080. The van der Waals surface area contributed by atoms with Crippen LogP contribution in [0.1, 0.15) is 26.3 Å². The van der Waals surface area contributed by atoms with Gasteiger partial charge >= 0.3 is 0 Å². The van der Waals surface area contributed by atoms with Crippen molar-refractivity contribution in [3.8, 4) is 0 Å². The van der Waals surface area contributed by atoms with Crippen LogP contribution < -0.4 is 16.4 Å². The van der Waals surface area contributed by atoms with E-state index in [1.165, 1.54) is 0 Å². The zero-order valence-corrected chi connectivity index (χ0v) is 17.2. The van der Waals surface area contributed by atoms with E-state index in [2.05, 4.69) is 10.6 Å². The van der Waals surface area contributed by atoms with Gasteiger partial charge in [-0.1, -0.05) is 48.5 Å². The molecular weight excluding hydrogens is 392 g/mol. The number of nitrogens with zero attached hydrogens (tertiary/aromatic N) is 1. The number of hydrogen-bond donors (Lipinski definition) is 3. The highest BCUT2D eigenvalue weighted by atomic mass is 16.2. The minimum absolute atomic E-state index is 0.0371. The maximum absolute atomic E-state index is 12.8. The third kappa shape index (κ3) is 5.93. The molecule has 0 fully saturated rings. The largest absolute Gasteiger partial charge is 0.376 e. The van der Waals surface area contributed by atoms with Crippen LogP contribution in [0, 0.1) is 0 Å². The lowest BCUT2D eigenvalue weighted by Gasteiger charge is -2.18. The van der Waals surface area contributed by atoms with Crippen LogP contribution in [0.15, 0.2) is 78.9 Å². The summed E-state index contributed by atoms with van der Waals surface area (Å²) in [5.74, 6) is -1.08. The quantitative estimate of drug-likeness (QED) is 0.525. The smallest absolute Gasteiger partial charge is 0.253 e. The summed E-state index contributed by atoms with van der Waals surface area (Å²) >= 11 is 0. The van der Waals surface area contributed by atoms with Gasteiger partial charge in [0.15, 0.2) is 0 Å². The molecule has 158 valence electrons. The number of nitrogens with one attached hydrogen (secondary N) is 2. The highest BCUT2D eigenvalue weighted by molar-refractivity contribution is 6.03. The van der Waals surface area contributed by atoms with E-state index in [1.807, 2.05) is 30.3 Å². The molecule has 0 radical (unpaired) electrons. The summed E-state index contributed by atoms with van der Waals surface area (Å²) in [6, 6.07) is 23.2. The molecule has 0 unspecified atom stereocenters. The minimum Gasteiger partial charge on any atom is -0.376 e. The van der Waals surface area contributed by atoms with Gasteiger partial charge < -0.3 is 21.3 Å². The number of carbonyl (C=O) groups excluding carboxylic acids is 3. The molecule has 3 amide bonds. The normalized spacial score (nSPS) is 10.2. The molecule has 0 atom stereocenters. The molecule has 31 heavy (non-hydrogen) atoms. The number of benzene rings is 3. The van der Waals surface area contributed by atoms with Crippen LogP contribution in [-0.4, -0.2) is 36.2 Å². The van der Waals surface area contributed by atoms with E-state index < -0.39 is 5.91 Å². The van der Waals surface area contributed by atoms with Crippen molar-refractivity contribution in [1.82, 2.24) is 4.90 Å². The van der Waals surface area contributed by atoms with Crippen LogP contribution in [0.25, 0.3) is 0 Å². The number of rotatable bonds is 8. The molecule has 7 nitrogen and oxygen atoms in total. The fourth-order valence-electron chi connectivity index (χ4n) is 3.10. The Labute approximate surface area is 180 Å². The first-order chi connectivity index (χ1) is 14.9. The number of primary amides is 1. The lowest BCUT2D eigenvalue weighted by Crippen LogP contribution is -2.26. The Hall–Kier alpha value is -4.13. The van der Waals surface area contributed by atoms with Crippen molar-refractivity contribution in [1.29, 1.82) is 0 Å². The highest BCUT2D eigenvalue weighted by Gasteiger charge is 2.13. The SMILES string of the molecule is CN(Cc1ccccc1)C(=O)c1cccc(NCC(=O)Nc2ccccc2C(N)=O)c1. The summed E-state index contributed by atoms with van der Waals surface area (Å²) in [5, 5.41) is 5.67. The molecule has 3 aromatic carbocycles. The Balaban J connectivity index is 1.60. The van der Waals surface area contributed by atoms with E-state index in [4.69, 9.17) is 5.73 Å². The average molecular weight is 416 g/mol. The fourth-order valence-corrected chi connectivity index (χ4v) is 3.10. The van der Waals surface area contributed by atoms with Crippen LogP contribution >= 0.6 is 0 Å². The summed E-state index contributed by atoms with van der Waals surface area (Å²) < 4.78 is 0. The summed E-state index contributed by atoms with van der Waals surface area (Å²) in [6.07, 6.45) is 0. The van der Waals surface area contributed by atoms with Gasteiger partial charge in [-0.3, -0.25) is 14.4 Å². The predicted octanol–water partition coefficient (Wildman–Crippen LogP) is 3.11. The maximum atomic E-state index is 12.8. The van der Waals surface area contributed by atoms with Gasteiger partial charge in [0.1, 0.15) is 0 Å². The summed E-state index contributed by atoms with van der Waals surface area (Å²) in [5.41, 5.74) is 8.12. The van der Waals surface area contributed by atoms with Gasteiger partial charge in [-0.15, -0.1) is 0 Å². The van der Waals surface area contributed by atoms with Crippen LogP contribution in [0.3, 0.4) is 0 Å². The standard InChI is InChI=1S/C24H24N4O3/c1-28(16-17-8-3-2-4-9-17)24(31)18-10-7-11-19(14-18)26-15-22(29)27-21-13-6-5-12-20(21)23(25)30/h2-14,26H,15-16H2,1H3,(H2,25,30)(H,27,29). The van der Waals surface area contributed by atoms with Crippen molar-refractivity contribution in [2.75, 3.05) is 24.2 Å². The number of para-hydroxylation sites is 1. The van der Waals surface area contributed by atoms with Gasteiger partial charge in [-0.25, -0.2) is 0 Å². The van der Waals surface area contributed by atoms with E-state index in [0.29, 0.717) is 23.5 Å². The zero-order chi connectivity index (χ0) is 22.2. The second-order valence-electron chi connectivity index (χ2n) is 7.04. The minimum atomic E-state index is -0.616. The number of amides is 3. The second kappa shape index (κ2) is 10.1. The molecule has 3 aromatic rings. The van der Waals surface area contributed by atoms with Gasteiger partial charge in [0, 0.05) is 24.8 Å². The van der Waals surface area contributed by atoms with Crippen molar-refractivity contribution in [3.63, 3.8) is 0 Å². The molecule has 3 rings (SSSR count). The fraction of sp³-hybridized carbons (Fsp3) is 0.125. The third-order valence-electron chi connectivity index (χ3n) is 4.64. The Morgan fingerprint density at radius 2 is 1.61 bits per heavy atom. The van der Waals surface area contributed by atoms with E-state index in [1.54, 1.807) is 60.5 Å². The molecule has 0 saturated carbocycles. The number of nitrogens with two attached hydrogens (primary N) is 1. The molecule has 0 spiro atoms. The van der Waals surface area contributed by atoms with Crippen LogP contribution in [-0.2, 0) is 11.3 Å². The average Bonchev–Trinajstić information content (AvgIpc) is 2.78. The summed E-state index contributed by atoms with van der Waals surface area (Å²) in [4.78, 5) is 38.2. The molecular formula is C24H24N4O3. The molecule has 0 aliphatic carbocycles. The first-order valence-electron chi connectivity index (χ1n) is 9.76. The van der Waals surface area contributed by atoms with Crippen LogP contribution in [0.5, 0.6) is 0 Å². The first kappa shape index (κ1) is 21.6. The number of carbonyl (C=O) groups is 3. The maximum Gasteiger partial charge on any atom is 0.253 e. The molecule has 0 saturated heterocycles. The molecule has 7 heteroatoms. The number of hydrogen-bond acceptors (Lipinski definition) is 4. The molecule has 0 heterocycles. The Kier molecular flexibility index (Phi) is 7.01. The third-order valence-corrected chi connectivity index (χ3v) is 4.64. The van der Waals surface area contributed by atoms with E-state index in [9.17, 15) is 14.4 Å². The number of anilines is 2. The summed E-state index contributed by atoms with van der Waals surface area (Å²) in [6.45, 7) is 0.462. The Morgan fingerprint density at radius 1 is 0.903 bits per heavy atom. The van der Waals surface area contributed by atoms with Gasteiger partial charge in [0.2, 0.25) is 5.91 Å². The van der Waals surface area contributed by atoms with E-state index in [0.717, 1.165) is 5.56 Å². The van der Waals surface area contributed by atoms with Crippen LogP contribution in [0.2, 0.25) is 0 Å². The topological polar surface area (TPSA) is 105 Å². The molecule has 0 bridgehead atoms. The molecule has 0 aliphatic heterocycles. The predicted molar refractivity (Wildman–Crippen MR) is 121 cm³/mol.